The SMILES string of the molecule is O=[11C](NCc1ccccc1)c1ccccc1. The molecule has 0 unspecified atom stereocenters. The molecule has 2 nitrogen and oxygen atoms in total. The minimum Gasteiger partial charge on any atom is -0.348 e. The summed E-state index contributed by atoms with van der Waals surface area (Å²) >= 11 is 0. The van der Waals surface area contributed by atoms with Gasteiger partial charge in [0.1, 0.15) is 0 Å². The number of carbonyl (C=O) groups is 1. The Hall–Kier alpha value is -2.09. The van der Waals surface area contributed by atoms with Crippen molar-refractivity contribution < 1.29 is 4.79 Å². The Morgan fingerprint density at radius 1 is 0.875 bits per heavy atom. The monoisotopic (exact) mass is 210 g/mol. The molecule has 0 atom stereocenters. The van der Waals surface area contributed by atoms with Gasteiger partial charge in [0.15, 0.2) is 0 Å². The van der Waals surface area contributed by atoms with E-state index in [-0.39, 0.29) is 5.91 Å². The van der Waals surface area contributed by atoms with Crippen molar-refractivity contribution in [3.8, 4) is 0 Å². The molecule has 0 aliphatic rings. The first-order chi connectivity index (χ1) is 7.86. The molecule has 1 N–H and O–H groups in total. The first-order valence-corrected chi connectivity index (χ1v) is 5.23. The number of nitrogens with one attached hydrogen (secondary N) is 1. The lowest BCUT2D eigenvalue weighted by Crippen LogP contribution is -2.22. The van der Waals surface area contributed by atoms with Crippen molar-refractivity contribution in [1.29, 1.82) is 0 Å². The van der Waals surface area contributed by atoms with Gasteiger partial charge in [0.05, 0.1) is 0 Å². The summed E-state index contributed by atoms with van der Waals surface area (Å²) in [5, 5.41) is 2.88. The van der Waals surface area contributed by atoms with E-state index in [0.29, 0.717) is 12.1 Å². The van der Waals surface area contributed by atoms with Crippen LogP contribution in [0, 0.1) is 0 Å². The van der Waals surface area contributed by atoms with Crippen LogP contribution in [0.3, 0.4) is 0 Å². The summed E-state index contributed by atoms with van der Waals surface area (Å²) in [7, 11) is 0. The fraction of sp³-hybridized carbons (Fsp3) is 0.0714. The van der Waals surface area contributed by atoms with Crippen LogP contribution in [0.1, 0.15) is 15.9 Å². The van der Waals surface area contributed by atoms with Gasteiger partial charge in [-0.25, -0.2) is 0 Å². The second kappa shape index (κ2) is 5.12. The standard InChI is InChI=1S/C14H13NO/c16-14(13-9-5-2-6-10-13)15-11-12-7-3-1-4-8-12/h1-10H,11H2,(H,15,16)/i14-1. The van der Waals surface area contributed by atoms with E-state index in [2.05, 4.69) is 5.32 Å². The minimum atomic E-state index is -0.0375. The molecule has 0 aliphatic carbocycles. The van der Waals surface area contributed by atoms with Gasteiger partial charge in [0, 0.05) is 12.1 Å². The molecule has 0 saturated carbocycles. The minimum absolute atomic E-state index is 0.0375. The average Bonchev–Trinajstić information content (AvgIpc) is 2.38. The molecule has 0 radical (unpaired) electrons. The second-order valence-corrected chi connectivity index (χ2v) is 3.53. The summed E-state index contributed by atoms with van der Waals surface area (Å²) in [6.07, 6.45) is 0. The summed E-state index contributed by atoms with van der Waals surface area (Å²) in [5.41, 5.74) is 1.80. The zero-order valence-electron chi connectivity index (χ0n) is 8.89. The maximum atomic E-state index is 11.7. The summed E-state index contributed by atoms with van der Waals surface area (Å²) in [6, 6.07) is 19.1. The molecule has 0 fully saturated rings. The Morgan fingerprint density at radius 3 is 2.06 bits per heavy atom. The molecule has 0 saturated heterocycles. The van der Waals surface area contributed by atoms with Crippen LogP contribution in [-0.2, 0) is 6.54 Å². The molecular formula is C14H13NO. The van der Waals surface area contributed by atoms with Crippen molar-refractivity contribution in [2.24, 2.45) is 0 Å². The van der Waals surface area contributed by atoms with E-state index in [4.69, 9.17) is 0 Å². The van der Waals surface area contributed by atoms with Crippen LogP contribution in [-0.4, -0.2) is 5.91 Å². The van der Waals surface area contributed by atoms with Gasteiger partial charge in [0.2, 0.25) is 0 Å². The van der Waals surface area contributed by atoms with Crippen LogP contribution in [0.25, 0.3) is 0 Å². The summed E-state index contributed by atoms with van der Waals surface area (Å²) in [4.78, 5) is 11.7. The molecule has 2 rings (SSSR count). The predicted molar refractivity (Wildman–Crippen MR) is 64.1 cm³/mol. The Bertz CT molecular complexity index is 451. The van der Waals surface area contributed by atoms with Crippen LogP contribution in [0.5, 0.6) is 0 Å². The molecule has 80 valence electrons. The molecule has 0 aromatic heterocycles. The molecule has 0 aliphatic heterocycles. The number of hydrogen-bond donors (Lipinski definition) is 1. The van der Waals surface area contributed by atoms with Gasteiger partial charge in [-0.1, -0.05) is 48.5 Å². The molecule has 2 aromatic rings. The van der Waals surface area contributed by atoms with E-state index in [1.807, 2.05) is 48.5 Å². The van der Waals surface area contributed by atoms with E-state index in [1.54, 1.807) is 12.1 Å². The number of amides is 1. The van der Waals surface area contributed by atoms with Gasteiger partial charge in [-0.2, -0.15) is 0 Å². The molecular weight excluding hydrogens is 197 g/mol. The topological polar surface area (TPSA) is 29.1 Å². The van der Waals surface area contributed by atoms with Crippen molar-refractivity contribution in [1.82, 2.24) is 5.32 Å². The number of benzene rings is 2. The van der Waals surface area contributed by atoms with Crippen LogP contribution < -0.4 is 5.32 Å². The lowest BCUT2D eigenvalue weighted by molar-refractivity contribution is 0.0951. The highest BCUT2D eigenvalue weighted by Gasteiger charge is 2.02. The zero-order valence-corrected chi connectivity index (χ0v) is 8.89. The Morgan fingerprint density at radius 2 is 1.44 bits per heavy atom. The molecule has 16 heavy (non-hydrogen) atoms. The highest BCUT2D eigenvalue weighted by molar-refractivity contribution is 5.94. The van der Waals surface area contributed by atoms with Crippen LogP contribution in [0.2, 0.25) is 0 Å². The van der Waals surface area contributed by atoms with E-state index in [9.17, 15) is 4.79 Å². The van der Waals surface area contributed by atoms with Crippen LogP contribution >= 0.6 is 0 Å². The molecule has 0 heterocycles. The summed E-state index contributed by atoms with van der Waals surface area (Å²) in [6.45, 7) is 0.564. The first kappa shape index (κ1) is 10.4. The predicted octanol–water partition coefficient (Wildman–Crippen LogP) is 2.62. The van der Waals surface area contributed by atoms with Crippen molar-refractivity contribution in [3.05, 3.63) is 71.8 Å². The molecule has 1 amide bonds. The molecule has 0 bridgehead atoms. The van der Waals surface area contributed by atoms with E-state index < -0.39 is 0 Å². The highest BCUT2D eigenvalue weighted by atomic mass is 16.1. The van der Waals surface area contributed by atoms with Gasteiger partial charge in [0.25, 0.3) is 5.91 Å². The van der Waals surface area contributed by atoms with E-state index >= 15 is 0 Å². The summed E-state index contributed by atoms with van der Waals surface area (Å²) < 4.78 is 0. The number of carbonyl (C=O) groups excluding carboxylic acids is 1. The lowest BCUT2D eigenvalue weighted by atomic mass is 9.89. The van der Waals surface area contributed by atoms with E-state index in [0.717, 1.165) is 5.56 Å². The number of rotatable bonds is 3. The van der Waals surface area contributed by atoms with Gasteiger partial charge in [-0.15, -0.1) is 0 Å². The van der Waals surface area contributed by atoms with E-state index in [1.165, 1.54) is 0 Å². The highest BCUT2D eigenvalue weighted by Crippen LogP contribution is 2.01. The van der Waals surface area contributed by atoms with Crippen molar-refractivity contribution in [2.45, 2.75) is 6.54 Å². The fourth-order valence-corrected chi connectivity index (χ4v) is 1.47. The largest absolute Gasteiger partial charge is 0.348 e. The van der Waals surface area contributed by atoms with Crippen molar-refractivity contribution >= 4 is 5.91 Å². The van der Waals surface area contributed by atoms with Gasteiger partial charge in [-0.3, -0.25) is 4.79 Å². The quantitative estimate of drug-likeness (QED) is 0.829. The third-order valence-corrected chi connectivity index (χ3v) is 2.33. The van der Waals surface area contributed by atoms with Crippen molar-refractivity contribution in [2.75, 3.05) is 0 Å². The average molecular weight is 210 g/mol. The van der Waals surface area contributed by atoms with Crippen LogP contribution in [0.4, 0.5) is 0 Å². The smallest absolute Gasteiger partial charge is 0.251 e. The molecule has 2 aromatic carbocycles. The lowest BCUT2D eigenvalue weighted by Gasteiger charge is -2.04. The fourth-order valence-electron chi connectivity index (χ4n) is 1.47. The van der Waals surface area contributed by atoms with Crippen molar-refractivity contribution in [3.63, 3.8) is 0 Å². The second-order valence-electron chi connectivity index (χ2n) is 3.53. The maximum absolute atomic E-state index is 11.7. The van der Waals surface area contributed by atoms with Crippen LogP contribution in [0.15, 0.2) is 60.7 Å². The molecule has 0 spiro atoms. The Labute approximate surface area is 94.9 Å². The Kier molecular flexibility index (Phi) is 3.34. The normalized spacial score (nSPS) is 9.75. The van der Waals surface area contributed by atoms with Gasteiger partial charge < -0.3 is 5.32 Å². The summed E-state index contributed by atoms with van der Waals surface area (Å²) in [5.74, 6) is -0.0375. The Balaban J connectivity index is 1.95. The third kappa shape index (κ3) is 2.70. The third-order valence-electron chi connectivity index (χ3n) is 2.33. The van der Waals surface area contributed by atoms with Gasteiger partial charge in [-0.05, 0) is 17.7 Å². The molecule has 2 heteroatoms. The number of hydrogen-bond acceptors (Lipinski definition) is 1. The zero-order chi connectivity index (χ0) is 11.2. The first-order valence-electron chi connectivity index (χ1n) is 5.23. The van der Waals surface area contributed by atoms with Gasteiger partial charge >= 0.3 is 0 Å². The maximum Gasteiger partial charge on any atom is 0.251 e.